The smallest absolute Gasteiger partial charge is 0.307 e. The number of rotatable bonds is 2. The van der Waals surface area contributed by atoms with E-state index in [9.17, 15) is 9.70 Å². The molecule has 0 saturated carbocycles. The summed E-state index contributed by atoms with van der Waals surface area (Å²) in [5, 5.41) is 2.74. The Hall–Kier alpha value is -4.07. The molecule has 0 bridgehead atoms. The molecule has 8 nitrogen and oxygen atoms in total. The molecule has 2 heterocycles. The van der Waals surface area contributed by atoms with Gasteiger partial charge in [-0.1, -0.05) is 24.3 Å². The van der Waals surface area contributed by atoms with Crippen molar-refractivity contribution in [3.8, 4) is 0 Å². The van der Waals surface area contributed by atoms with Crippen LogP contribution in [0.4, 0.5) is 21.9 Å². The number of urea groups is 1. The summed E-state index contributed by atoms with van der Waals surface area (Å²) in [6.45, 7) is 1.94. The largest absolute Gasteiger partial charge is 0.337 e. The van der Waals surface area contributed by atoms with E-state index in [0.29, 0.717) is 28.5 Å². The van der Waals surface area contributed by atoms with Crippen molar-refractivity contribution in [3.05, 3.63) is 89.1 Å². The molecule has 29 heavy (non-hydrogen) atoms. The van der Waals surface area contributed by atoms with Crippen LogP contribution in [0.3, 0.4) is 0 Å². The van der Waals surface area contributed by atoms with Crippen molar-refractivity contribution < 1.29 is 9.55 Å². The van der Waals surface area contributed by atoms with E-state index in [1.165, 1.54) is 0 Å². The van der Waals surface area contributed by atoms with E-state index in [-0.39, 0.29) is 0 Å². The minimum Gasteiger partial charge on any atom is -0.307 e. The monoisotopic (exact) mass is 387 g/mol. The summed E-state index contributed by atoms with van der Waals surface area (Å²) < 4.78 is 0.863. The van der Waals surface area contributed by atoms with Crippen molar-refractivity contribution in [1.82, 2.24) is 15.8 Å². The van der Waals surface area contributed by atoms with Crippen molar-refractivity contribution in [2.24, 2.45) is 4.99 Å². The molecule has 0 radical (unpaired) electrons. The quantitative estimate of drug-likeness (QED) is 0.459. The number of anilines is 1. The average Bonchev–Trinajstić information content (AvgIpc) is 2.73. The molecule has 3 aromatic rings. The third-order valence-corrected chi connectivity index (χ3v) is 4.43. The van der Waals surface area contributed by atoms with Crippen molar-refractivity contribution in [2.75, 3.05) is 5.32 Å². The number of aromatic nitrogens is 1. The molecule has 4 rings (SSSR count). The second-order valence-corrected chi connectivity index (χ2v) is 6.57. The number of pyridine rings is 1. The summed E-state index contributed by atoms with van der Waals surface area (Å²) in [4.78, 5) is 34.0. The summed E-state index contributed by atoms with van der Waals surface area (Å²) in [5.41, 5.74) is 8.67. The molecule has 144 valence electrons. The summed E-state index contributed by atoms with van der Waals surface area (Å²) in [5.74, 6) is 0.297. The molecule has 0 aliphatic carbocycles. The maximum atomic E-state index is 13.0. The molecule has 2 aromatic carbocycles. The van der Waals surface area contributed by atoms with Gasteiger partial charge >= 0.3 is 6.03 Å². The molecule has 0 saturated heterocycles. The summed E-state index contributed by atoms with van der Waals surface area (Å²) >= 11 is 0. The number of carbonyl (C=O) groups excluding carboxylic acids is 1. The van der Waals surface area contributed by atoms with Gasteiger partial charge in [0, 0.05) is 29.1 Å². The highest BCUT2D eigenvalue weighted by Gasteiger charge is 2.40. The summed E-state index contributed by atoms with van der Waals surface area (Å²) in [6, 6.07) is 16.8. The number of nitrogens with one attached hydrogen (secondary N) is 3. The molecule has 1 aliphatic rings. The van der Waals surface area contributed by atoms with Gasteiger partial charge in [-0.05, 0) is 42.8 Å². The van der Waals surface area contributed by atoms with Crippen LogP contribution in [0, 0.1) is 11.8 Å². The fourth-order valence-electron chi connectivity index (χ4n) is 3.12. The van der Waals surface area contributed by atoms with Crippen molar-refractivity contribution >= 4 is 28.9 Å². The number of fused-ring (bicyclic) bond motifs is 1. The van der Waals surface area contributed by atoms with Crippen LogP contribution in [0.2, 0.25) is 0 Å². The molecule has 1 unspecified atom stereocenters. The lowest BCUT2D eigenvalue weighted by Crippen LogP contribution is -2.48. The average molecular weight is 387 g/mol. The number of para-hydroxylation sites is 2. The lowest BCUT2D eigenvalue weighted by molar-refractivity contribution is -0.493. The standard InChI is InChI=1S/C21H18N6O2/c1-14-6-4-8-16(12-14)23-21(28)26-25-20-19(15-7-5-11-22-13-15)27(29)18-10-3-2-9-17(18)24-20/h2-13,19H,1H3,(H2-,23,24,25,26,28,29)/p+1. The third kappa shape index (κ3) is 3.96. The number of amides is 2. The Kier molecular flexibility index (Phi) is 4.98. The Balaban J connectivity index is 1.57. The molecule has 2 amide bonds. The van der Waals surface area contributed by atoms with Gasteiger partial charge in [0.15, 0.2) is 0 Å². The zero-order valence-corrected chi connectivity index (χ0v) is 15.7. The minimum absolute atomic E-state index is 0.297. The fourth-order valence-corrected chi connectivity index (χ4v) is 3.12. The second-order valence-electron chi connectivity index (χ2n) is 6.57. The molecule has 1 atom stereocenters. The number of hydrazine groups is 1. The maximum absolute atomic E-state index is 13.0. The molecular weight excluding hydrogens is 368 g/mol. The molecular formula is C21H19N6O2+. The second kappa shape index (κ2) is 7.89. The number of nitrogens with zero attached hydrogens (tertiary/aromatic N) is 3. The van der Waals surface area contributed by atoms with E-state index >= 15 is 0 Å². The van der Waals surface area contributed by atoms with Crippen LogP contribution in [-0.2, 0) is 0 Å². The third-order valence-electron chi connectivity index (χ3n) is 4.43. The Morgan fingerprint density at radius 3 is 2.72 bits per heavy atom. The summed E-state index contributed by atoms with van der Waals surface area (Å²) in [7, 11) is 0. The van der Waals surface area contributed by atoms with Crippen molar-refractivity contribution in [3.63, 3.8) is 0 Å². The molecule has 1 aliphatic heterocycles. The zero-order valence-electron chi connectivity index (χ0n) is 15.7. The highest BCUT2D eigenvalue weighted by atomic mass is 16.3. The number of benzene rings is 2. The maximum Gasteiger partial charge on any atom is 0.337 e. The molecule has 3 N–H and O–H groups in total. The molecule has 1 aromatic heterocycles. The van der Waals surface area contributed by atoms with E-state index in [1.54, 1.807) is 54.9 Å². The first kappa shape index (κ1) is 18.3. The van der Waals surface area contributed by atoms with Gasteiger partial charge in [0.25, 0.3) is 11.7 Å². The predicted molar refractivity (Wildman–Crippen MR) is 110 cm³/mol. The summed E-state index contributed by atoms with van der Waals surface area (Å²) in [6.07, 6.45) is 3.24. The van der Waals surface area contributed by atoms with E-state index < -0.39 is 12.1 Å². The van der Waals surface area contributed by atoms with Crippen LogP contribution in [0.15, 0.2) is 78.0 Å². The number of hydrogen-bond donors (Lipinski definition) is 3. The lowest BCUT2D eigenvalue weighted by Gasteiger charge is -2.19. The fraction of sp³-hybridized carbons (Fsp3) is 0.0952. The molecule has 8 heteroatoms. The Labute approximate surface area is 167 Å². The number of aryl methyl sites for hydroxylation is 1. The van der Waals surface area contributed by atoms with E-state index in [1.807, 2.05) is 25.1 Å². The van der Waals surface area contributed by atoms with Crippen LogP contribution in [0.25, 0.3) is 0 Å². The first-order valence-corrected chi connectivity index (χ1v) is 9.05. The van der Waals surface area contributed by atoms with Crippen LogP contribution in [0.1, 0.15) is 17.2 Å². The van der Waals surface area contributed by atoms with Gasteiger partial charge in [-0.2, -0.15) is 0 Å². The Morgan fingerprint density at radius 2 is 1.93 bits per heavy atom. The Morgan fingerprint density at radius 1 is 1.07 bits per heavy atom. The lowest BCUT2D eigenvalue weighted by atomic mass is 10.1. The number of aliphatic imine (C=N–C) groups is 1. The number of hydrogen-bond acceptors (Lipinski definition) is 5. The normalized spacial score (nSPS) is 15.1. The minimum atomic E-state index is -0.766. The van der Waals surface area contributed by atoms with Gasteiger partial charge in [-0.3, -0.25) is 15.8 Å². The van der Waals surface area contributed by atoms with Crippen LogP contribution < -0.4 is 16.2 Å². The molecule has 0 spiro atoms. The van der Waals surface area contributed by atoms with Crippen LogP contribution in [-0.4, -0.2) is 21.6 Å². The van der Waals surface area contributed by atoms with Crippen LogP contribution >= 0.6 is 0 Å². The van der Waals surface area contributed by atoms with Gasteiger partial charge in [0.1, 0.15) is 5.69 Å². The van der Waals surface area contributed by atoms with Gasteiger partial charge in [0.2, 0.25) is 5.84 Å². The van der Waals surface area contributed by atoms with Crippen molar-refractivity contribution in [1.29, 1.82) is 0 Å². The first-order chi connectivity index (χ1) is 14.1. The SMILES string of the molecule is Cc1cccc(NC(=O)NNC2=Nc3ccccc3[N+](=O)C2c2cccnc2)c1. The number of nitroso groups, excluding NO2 is 1. The zero-order chi connectivity index (χ0) is 20.2. The number of amidine groups is 1. The van der Waals surface area contributed by atoms with Gasteiger partial charge in [0.05, 0.1) is 10.3 Å². The highest BCUT2D eigenvalue weighted by Crippen LogP contribution is 2.37. The van der Waals surface area contributed by atoms with E-state index in [0.717, 1.165) is 10.3 Å². The predicted octanol–water partition coefficient (Wildman–Crippen LogP) is 3.91. The van der Waals surface area contributed by atoms with Gasteiger partial charge in [-0.25, -0.2) is 9.79 Å². The van der Waals surface area contributed by atoms with Gasteiger partial charge < -0.3 is 5.32 Å². The van der Waals surface area contributed by atoms with Gasteiger partial charge in [-0.15, -0.1) is 0 Å². The van der Waals surface area contributed by atoms with Crippen LogP contribution in [0.5, 0.6) is 0 Å². The number of carbonyl (C=O) groups is 1. The molecule has 0 fully saturated rings. The van der Waals surface area contributed by atoms with E-state index in [2.05, 4.69) is 26.1 Å². The first-order valence-electron chi connectivity index (χ1n) is 9.05. The van der Waals surface area contributed by atoms with Crippen molar-refractivity contribution in [2.45, 2.75) is 13.0 Å². The topological polar surface area (TPSA) is 98.5 Å². The highest BCUT2D eigenvalue weighted by molar-refractivity contribution is 5.95. The Bertz CT molecular complexity index is 1100. The van der Waals surface area contributed by atoms with E-state index in [4.69, 9.17) is 0 Å².